The lowest BCUT2D eigenvalue weighted by Crippen LogP contribution is -1.92. The fraction of sp³-hybridized carbons (Fsp3) is 0.250. The highest BCUT2D eigenvalue weighted by atomic mass is 35.5. The fourth-order valence-electron chi connectivity index (χ4n) is 0.819. The number of anilines is 1. The van der Waals surface area contributed by atoms with Crippen LogP contribution in [-0.4, -0.2) is 5.11 Å². The van der Waals surface area contributed by atoms with Crippen molar-refractivity contribution in [3.63, 3.8) is 0 Å². The third kappa shape index (κ3) is 2.78. The number of benzene rings is 1. The first-order valence-electron chi connectivity index (χ1n) is 3.23. The van der Waals surface area contributed by atoms with Crippen molar-refractivity contribution in [2.75, 3.05) is 5.73 Å². The van der Waals surface area contributed by atoms with Crippen LogP contribution < -0.4 is 5.73 Å². The van der Waals surface area contributed by atoms with Crippen molar-refractivity contribution in [2.24, 2.45) is 0 Å². The summed E-state index contributed by atoms with van der Waals surface area (Å²) in [6, 6.07) is 7.25. The molecule has 62 valence electrons. The molecule has 3 N–H and O–H groups in total. The van der Waals surface area contributed by atoms with E-state index < -0.39 is 6.10 Å². The van der Waals surface area contributed by atoms with Crippen molar-refractivity contribution in [1.29, 1.82) is 0 Å². The maximum absolute atomic E-state index is 9.09. The lowest BCUT2D eigenvalue weighted by atomic mass is 10.1. The molecule has 0 saturated heterocycles. The summed E-state index contributed by atoms with van der Waals surface area (Å²) in [5.74, 6) is 0. The van der Waals surface area contributed by atoms with Crippen LogP contribution in [0.3, 0.4) is 0 Å². The van der Waals surface area contributed by atoms with Gasteiger partial charge in [-0.25, -0.2) is 0 Å². The van der Waals surface area contributed by atoms with E-state index in [4.69, 9.17) is 10.8 Å². The normalized spacial score (nSPS) is 11.8. The molecule has 0 saturated carbocycles. The van der Waals surface area contributed by atoms with Crippen molar-refractivity contribution < 1.29 is 5.11 Å². The maximum Gasteiger partial charge on any atom is 0.0762 e. The Bertz CT molecular complexity index is 225. The largest absolute Gasteiger partial charge is 0.399 e. The first-order valence-corrected chi connectivity index (χ1v) is 3.23. The third-order valence-electron chi connectivity index (χ3n) is 1.39. The summed E-state index contributed by atoms with van der Waals surface area (Å²) in [4.78, 5) is 0. The lowest BCUT2D eigenvalue weighted by molar-refractivity contribution is 0.199. The Balaban J connectivity index is 0.000001000. The molecule has 0 heterocycles. The highest BCUT2D eigenvalue weighted by Gasteiger charge is 1.98. The number of hydrogen-bond donors (Lipinski definition) is 2. The van der Waals surface area contributed by atoms with E-state index >= 15 is 0 Å². The Morgan fingerprint density at radius 3 is 2.45 bits per heavy atom. The zero-order valence-electron chi connectivity index (χ0n) is 6.32. The summed E-state index contributed by atoms with van der Waals surface area (Å²) in [6.45, 7) is 1.72. The van der Waals surface area contributed by atoms with Crippen LogP contribution in [0.4, 0.5) is 5.69 Å². The van der Waals surface area contributed by atoms with Crippen molar-refractivity contribution in [1.82, 2.24) is 0 Å². The SMILES string of the molecule is CC(O)c1cccc(N)c1.Cl. The topological polar surface area (TPSA) is 46.2 Å². The van der Waals surface area contributed by atoms with Gasteiger partial charge in [-0.2, -0.15) is 0 Å². The van der Waals surface area contributed by atoms with Crippen LogP contribution in [0.25, 0.3) is 0 Å². The zero-order valence-corrected chi connectivity index (χ0v) is 7.14. The number of aliphatic hydroxyl groups is 1. The van der Waals surface area contributed by atoms with E-state index in [2.05, 4.69) is 0 Å². The number of hydrogen-bond acceptors (Lipinski definition) is 2. The molecule has 0 spiro atoms. The number of nitrogen functional groups attached to an aromatic ring is 1. The molecular formula is C8H12ClNO. The molecule has 1 rings (SSSR count). The molecule has 1 atom stereocenters. The molecule has 0 amide bonds. The quantitative estimate of drug-likeness (QED) is 0.636. The van der Waals surface area contributed by atoms with Gasteiger partial charge < -0.3 is 10.8 Å². The third-order valence-corrected chi connectivity index (χ3v) is 1.39. The predicted molar refractivity (Wildman–Crippen MR) is 48.7 cm³/mol. The molecule has 1 unspecified atom stereocenters. The average molecular weight is 174 g/mol. The minimum absolute atomic E-state index is 0. The Labute approximate surface area is 72.4 Å². The molecular weight excluding hydrogens is 162 g/mol. The first kappa shape index (κ1) is 10.3. The highest BCUT2D eigenvalue weighted by Crippen LogP contribution is 2.13. The summed E-state index contributed by atoms with van der Waals surface area (Å²) < 4.78 is 0. The van der Waals surface area contributed by atoms with Gasteiger partial charge >= 0.3 is 0 Å². The molecule has 0 bridgehead atoms. The van der Waals surface area contributed by atoms with Gasteiger partial charge in [0.25, 0.3) is 0 Å². The standard InChI is InChI=1S/C8H11NO.ClH/c1-6(10)7-3-2-4-8(9)5-7;/h2-6,10H,9H2,1H3;1H. The Morgan fingerprint density at radius 1 is 1.45 bits per heavy atom. The van der Waals surface area contributed by atoms with Gasteiger partial charge in [0.2, 0.25) is 0 Å². The van der Waals surface area contributed by atoms with Crippen molar-refractivity contribution in [2.45, 2.75) is 13.0 Å². The average Bonchev–Trinajstić information content (AvgIpc) is 1.88. The zero-order chi connectivity index (χ0) is 7.56. The highest BCUT2D eigenvalue weighted by molar-refractivity contribution is 5.85. The summed E-state index contributed by atoms with van der Waals surface area (Å²) >= 11 is 0. The second kappa shape index (κ2) is 4.21. The molecule has 0 aliphatic heterocycles. The van der Waals surface area contributed by atoms with Gasteiger partial charge in [0, 0.05) is 5.69 Å². The minimum Gasteiger partial charge on any atom is -0.399 e. The molecule has 0 aliphatic carbocycles. The number of aliphatic hydroxyl groups excluding tert-OH is 1. The van der Waals surface area contributed by atoms with E-state index in [1.54, 1.807) is 19.1 Å². The Kier molecular flexibility index (Phi) is 3.93. The van der Waals surface area contributed by atoms with Crippen molar-refractivity contribution in [3.05, 3.63) is 29.8 Å². The van der Waals surface area contributed by atoms with Gasteiger partial charge in [0.05, 0.1) is 6.10 Å². The van der Waals surface area contributed by atoms with Gasteiger partial charge in [-0.15, -0.1) is 12.4 Å². The van der Waals surface area contributed by atoms with Gasteiger partial charge in [0.15, 0.2) is 0 Å². The Morgan fingerprint density at radius 2 is 2.09 bits per heavy atom. The van der Waals surface area contributed by atoms with Gasteiger partial charge in [-0.3, -0.25) is 0 Å². The van der Waals surface area contributed by atoms with E-state index in [-0.39, 0.29) is 12.4 Å². The second-order valence-corrected chi connectivity index (χ2v) is 2.35. The van der Waals surface area contributed by atoms with Crippen LogP contribution in [0.1, 0.15) is 18.6 Å². The molecule has 0 aromatic heterocycles. The van der Waals surface area contributed by atoms with E-state index in [0.717, 1.165) is 5.56 Å². The van der Waals surface area contributed by atoms with Gasteiger partial charge in [0.1, 0.15) is 0 Å². The van der Waals surface area contributed by atoms with Crippen molar-refractivity contribution >= 4 is 18.1 Å². The van der Waals surface area contributed by atoms with Crippen LogP contribution in [0, 0.1) is 0 Å². The number of rotatable bonds is 1. The fourth-order valence-corrected chi connectivity index (χ4v) is 0.819. The molecule has 0 fully saturated rings. The molecule has 0 radical (unpaired) electrons. The summed E-state index contributed by atoms with van der Waals surface area (Å²) in [5, 5.41) is 9.09. The Hall–Kier alpha value is -0.730. The second-order valence-electron chi connectivity index (χ2n) is 2.35. The smallest absolute Gasteiger partial charge is 0.0762 e. The summed E-state index contributed by atoms with van der Waals surface area (Å²) in [5.41, 5.74) is 7.04. The van der Waals surface area contributed by atoms with E-state index in [0.29, 0.717) is 5.69 Å². The molecule has 2 nitrogen and oxygen atoms in total. The van der Waals surface area contributed by atoms with E-state index in [1.807, 2.05) is 12.1 Å². The van der Waals surface area contributed by atoms with Crippen molar-refractivity contribution in [3.8, 4) is 0 Å². The molecule has 1 aromatic rings. The van der Waals surface area contributed by atoms with Crippen LogP contribution in [-0.2, 0) is 0 Å². The molecule has 11 heavy (non-hydrogen) atoms. The van der Waals surface area contributed by atoms with E-state index in [1.165, 1.54) is 0 Å². The summed E-state index contributed by atoms with van der Waals surface area (Å²) in [7, 11) is 0. The number of halogens is 1. The predicted octanol–water partition coefficient (Wildman–Crippen LogP) is 1.74. The van der Waals surface area contributed by atoms with Crippen LogP contribution in [0.15, 0.2) is 24.3 Å². The first-order chi connectivity index (χ1) is 4.70. The lowest BCUT2D eigenvalue weighted by Gasteiger charge is -2.03. The van der Waals surface area contributed by atoms with Crippen LogP contribution >= 0.6 is 12.4 Å². The summed E-state index contributed by atoms with van der Waals surface area (Å²) in [6.07, 6.45) is -0.427. The maximum atomic E-state index is 9.09. The molecule has 3 heteroatoms. The minimum atomic E-state index is -0.427. The number of nitrogens with two attached hydrogens (primary N) is 1. The van der Waals surface area contributed by atoms with Gasteiger partial charge in [-0.1, -0.05) is 12.1 Å². The molecule has 0 aliphatic rings. The van der Waals surface area contributed by atoms with Crippen LogP contribution in [0.5, 0.6) is 0 Å². The van der Waals surface area contributed by atoms with E-state index in [9.17, 15) is 0 Å². The monoisotopic (exact) mass is 173 g/mol. The molecule has 1 aromatic carbocycles. The van der Waals surface area contributed by atoms with Gasteiger partial charge in [-0.05, 0) is 24.6 Å². The van der Waals surface area contributed by atoms with Crippen LogP contribution in [0.2, 0.25) is 0 Å².